The van der Waals surface area contributed by atoms with Gasteiger partial charge in [0.15, 0.2) is 0 Å². The molecule has 0 saturated carbocycles. The van der Waals surface area contributed by atoms with Gasteiger partial charge in [-0.2, -0.15) is 0 Å². The minimum Gasteiger partial charge on any atom is -0.384 e. The number of hydrogen-bond acceptors (Lipinski definition) is 1. The van der Waals surface area contributed by atoms with Crippen LogP contribution in [-0.4, -0.2) is 20.0 Å². The summed E-state index contributed by atoms with van der Waals surface area (Å²) < 4.78 is 5.96. The van der Waals surface area contributed by atoms with Crippen LogP contribution in [0.3, 0.4) is 0 Å². The van der Waals surface area contributed by atoms with Crippen molar-refractivity contribution in [1.29, 1.82) is 0 Å². The molecule has 0 bridgehead atoms. The second-order valence-corrected chi connectivity index (χ2v) is 4.58. The smallest absolute Gasteiger partial charge is 0.143 e. The van der Waals surface area contributed by atoms with E-state index in [1.54, 1.807) is 0 Å². The van der Waals surface area contributed by atoms with Gasteiger partial charge in [-0.3, -0.25) is 0 Å². The van der Waals surface area contributed by atoms with Gasteiger partial charge in [0.05, 0.1) is 0 Å². The van der Waals surface area contributed by atoms with Crippen molar-refractivity contribution in [3.63, 3.8) is 0 Å². The van der Waals surface area contributed by atoms with Gasteiger partial charge in [-0.05, 0) is 24.7 Å². The van der Waals surface area contributed by atoms with Gasteiger partial charge in [-0.1, -0.05) is 27.2 Å². The molecule has 0 radical (unpaired) electrons. The lowest BCUT2D eigenvalue weighted by Crippen LogP contribution is -2.44. The molecule has 1 aliphatic rings. The van der Waals surface area contributed by atoms with E-state index in [1.165, 1.54) is 19.3 Å². The van der Waals surface area contributed by atoms with Gasteiger partial charge in [0.2, 0.25) is 0 Å². The first-order valence-electron chi connectivity index (χ1n) is 5.21. The largest absolute Gasteiger partial charge is 0.384 e. The zero-order chi connectivity index (χ0) is 9.19. The van der Waals surface area contributed by atoms with Gasteiger partial charge >= 0.3 is 0 Å². The third-order valence-electron chi connectivity index (χ3n) is 3.57. The normalized spacial score (nSPS) is 38.2. The Bertz CT molecular complexity index is 147. The van der Waals surface area contributed by atoms with E-state index in [2.05, 4.69) is 28.6 Å². The summed E-state index contributed by atoms with van der Waals surface area (Å²) in [4.78, 5) is 0. The minimum absolute atomic E-state index is 0.122. The molecule has 1 heterocycles. The van der Waals surface area contributed by atoms with E-state index in [9.17, 15) is 0 Å². The SMILES string of the molecule is B[C@@]1(C(C)C)OCCCCC1C. The Kier molecular flexibility index (Phi) is 3.22. The molecule has 0 spiro atoms. The molecule has 2 atom stereocenters. The van der Waals surface area contributed by atoms with Crippen molar-refractivity contribution in [3.05, 3.63) is 0 Å². The lowest BCUT2D eigenvalue weighted by molar-refractivity contribution is -0.0388. The molecule has 1 rings (SSSR count). The molecule has 1 nitrogen and oxygen atoms in total. The van der Waals surface area contributed by atoms with Crippen LogP contribution in [0.4, 0.5) is 0 Å². The van der Waals surface area contributed by atoms with Crippen molar-refractivity contribution in [3.8, 4) is 0 Å². The second kappa shape index (κ2) is 3.82. The molecule has 1 unspecified atom stereocenters. The van der Waals surface area contributed by atoms with Gasteiger partial charge in [0.25, 0.3) is 0 Å². The monoisotopic (exact) mass is 168 g/mol. The maximum absolute atomic E-state index is 5.96. The fourth-order valence-electron chi connectivity index (χ4n) is 2.01. The van der Waals surface area contributed by atoms with Crippen LogP contribution in [0.1, 0.15) is 40.0 Å². The third kappa shape index (κ3) is 1.85. The van der Waals surface area contributed by atoms with E-state index < -0.39 is 0 Å². The first kappa shape index (κ1) is 10.1. The maximum atomic E-state index is 5.96. The van der Waals surface area contributed by atoms with Crippen molar-refractivity contribution in [2.45, 2.75) is 45.5 Å². The molecular weight excluding hydrogens is 147 g/mol. The number of rotatable bonds is 1. The average Bonchev–Trinajstić information content (AvgIpc) is 2.16. The summed E-state index contributed by atoms with van der Waals surface area (Å²) in [6.45, 7) is 7.81. The minimum atomic E-state index is 0.122. The van der Waals surface area contributed by atoms with E-state index in [-0.39, 0.29) is 5.50 Å². The third-order valence-corrected chi connectivity index (χ3v) is 3.57. The number of hydrogen-bond donors (Lipinski definition) is 0. The second-order valence-electron chi connectivity index (χ2n) is 4.58. The molecule has 0 aromatic rings. The fraction of sp³-hybridized carbons (Fsp3) is 1.00. The zero-order valence-electron chi connectivity index (χ0n) is 8.89. The molecule has 70 valence electrons. The molecular formula is C10H21BO. The van der Waals surface area contributed by atoms with E-state index in [0.717, 1.165) is 6.61 Å². The zero-order valence-corrected chi connectivity index (χ0v) is 8.89. The van der Waals surface area contributed by atoms with E-state index in [4.69, 9.17) is 4.74 Å². The topological polar surface area (TPSA) is 9.23 Å². The van der Waals surface area contributed by atoms with E-state index >= 15 is 0 Å². The maximum Gasteiger partial charge on any atom is 0.143 e. The van der Waals surface area contributed by atoms with Crippen LogP contribution in [0.25, 0.3) is 0 Å². The molecule has 0 aromatic heterocycles. The van der Waals surface area contributed by atoms with Crippen LogP contribution >= 0.6 is 0 Å². The van der Waals surface area contributed by atoms with Crippen molar-refractivity contribution >= 4 is 7.85 Å². The lowest BCUT2D eigenvalue weighted by atomic mass is 9.64. The molecule has 0 N–H and O–H groups in total. The Morgan fingerprint density at radius 1 is 1.42 bits per heavy atom. The Morgan fingerprint density at radius 3 is 2.67 bits per heavy atom. The highest BCUT2D eigenvalue weighted by Gasteiger charge is 2.35. The first-order valence-corrected chi connectivity index (χ1v) is 5.21. The van der Waals surface area contributed by atoms with Crippen molar-refractivity contribution in [2.75, 3.05) is 6.61 Å². The molecule has 1 saturated heterocycles. The van der Waals surface area contributed by atoms with Gasteiger partial charge in [0, 0.05) is 12.1 Å². The van der Waals surface area contributed by atoms with Crippen molar-refractivity contribution < 1.29 is 4.74 Å². The van der Waals surface area contributed by atoms with Gasteiger partial charge < -0.3 is 4.74 Å². The van der Waals surface area contributed by atoms with Crippen LogP contribution in [0, 0.1) is 11.8 Å². The highest BCUT2D eigenvalue weighted by molar-refractivity contribution is 6.14. The predicted molar refractivity (Wildman–Crippen MR) is 55.1 cm³/mol. The van der Waals surface area contributed by atoms with Gasteiger partial charge in [-0.25, -0.2) is 0 Å². The van der Waals surface area contributed by atoms with Gasteiger partial charge in [-0.15, -0.1) is 0 Å². The highest BCUT2D eigenvalue weighted by atomic mass is 16.5. The van der Waals surface area contributed by atoms with Crippen LogP contribution in [-0.2, 0) is 4.74 Å². The van der Waals surface area contributed by atoms with Crippen molar-refractivity contribution in [2.24, 2.45) is 11.8 Å². The summed E-state index contributed by atoms with van der Waals surface area (Å²) in [6, 6.07) is 0. The Labute approximate surface area is 77.3 Å². The molecule has 2 heteroatoms. The number of ether oxygens (including phenoxy) is 1. The quantitative estimate of drug-likeness (QED) is 0.542. The molecule has 12 heavy (non-hydrogen) atoms. The van der Waals surface area contributed by atoms with Crippen LogP contribution < -0.4 is 0 Å². The average molecular weight is 168 g/mol. The van der Waals surface area contributed by atoms with Crippen LogP contribution in [0.15, 0.2) is 0 Å². The molecule has 1 fully saturated rings. The first-order chi connectivity index (χ1) is 5.57. The molecule has 1 aliphatic heterocycles. The molecule has 0 amide bonds. The Balaban J connectivity index is 2.69. The summed E-state index contributed by atoms with van der Waals surface area (Å²) in [7, 11) is 2.27. The Hall–Kier alpha value is 0.0249. The van der Waals surface area contributed by atoms with E-state index in [1.807, 2.05) is 0 Å². The standard InChI is InChI=1S/C10H21BO/c1-8(2)10(11)9(3)6-4-5-7-12-10/h8-9H,4-7,11H2,1-3H3/t9?,10-/m0/s1. The summed E-state index contributed by atoms with van der Waals surface area (Å²) in [5, 5.41) is 0. The fourth-order valence-corrected chi connectivity index (χ4v) is 2.01. The molecule has 0 aromatic carbocycles. The van der Waals surface area contributed by atoms with Crippen molar-refractivity contribution in [1.82, 2.24) is 0 Å². The lowest BCUT2D eigenvalue weighted by Gasteiger charge is -2.38. The summed E-state index contributed by atoms with van der Waals surface area (Å²) in [5.41, 5.74) is 0.122. The molecule has 0 aliphatic carbocycles. The van der Waals surface area contributed by atoms with E-state index in [0.29, 0.717) is 11.8 Å². The van der Waals surface area contributed by atoms with Crippen LogP contribution in [0.5, 0.6) is 0 Å². The highest BCUT2D eigenvalue weighted by Crippen LogP contribution is 2.33. The summed E-state index contributed by atoms with van der Waals surface area (Å²) in [6.07, 6.45) is 3.91. The van der Waals surface area contributed by atoms with Crippen LogP contribution in [0.2, 0.25) is 0 Å². The Morgan fingerprint density at radius 2 is 2.08 bits per heavy atom. The predicted octanol–water partition coefficient (Wildman–Crippen LogP) is 1.81. The van der Waals surface area contributed by atoms with Gasteiger partial charge in [0.1, 0.15) is 7.85 Å². The summed E-state index contributed by atoms with van der Waals surface area (Å²) >= 11 is 0. The summed E-state index contributed by atoms with van der Waals surface area (Å²) in [5.74, 6) is 1.34.